The number of hydrogen-bond donors (Lipinski definition) is 1. The quantitative estimate of drug-likeness (QED) is 0.566. The van der Waals surface area contributed by atoms with E-state index in [1.807, 2.05) is 0 Å². The first kappa shape index (κ1) is 19.4. The van der Waals surface area contributed by atoms with Crippen LogP contribution in [0.1, 0.15) is 28.6 Å². The predicted octanol–water partition coefficient (Wildman–Crippen LogP) is 5.31. The Morgan fingerprint density at radius 3 is 2.55 bits per heavy atom. The molecular formula is C21H15Cl2NO5. The lowest BCUT2D eigenvalue weighted by Crippen LogP contribution is -2.12. The van der Waals surface area contributed by atoms with Crippen LogP contribution in [0.3, 0.4) is 0 Å². The summed E-state index contributed by atoms with van der Waals surface area (Å²) in [6, 6.07) is 8.55. The van der Waals surface area contributed by atoms with Gasteiger partial charge in [-0.1, -0.05) is 29.3 Å². The van der Waals surface area contributed by atoms with E-state index >= 15 is 0 Å². The summed E-state index contributed by atoms with van der Waals surface area (Å²) in [4.78, 5) is 25.1. The van der Waals surface area contributed by atoms with Crippen molar-refractivity contribution in [1.82, 2.24) is 0 Å². The summed E-state index contributed by atoms with van der Waals surface area (Å²) in [5.74, 6) is -0.854. The third-order valence-electron chi connectivity index (χ3n) is 4.53. The highest BCUT2D eigenvalue weighted by Crippen LogP contribution is 2.46. The predicted molar refractivity (Wildman–Crippen MR) is 111 cm³/mol. The summed E-state index contributed by atoms with van der Waals surface area (Å²) in [5, 5.41) is 3.99. The number of rotatable bonds is 4. The zero-order chi connectivity index (χ0) is 20.7. The van der Waals surface area contributed by atoms with Gasteiger partial charge in [-0.3, -0.25) is 4.79 Å². The van der Waals surface area contributed by atoms with E-state index in [-0.39, 0.29) is 18.1 Å². The molecule has 29 heavy (non-hydrogen) atoms. The Hall–Kier alpha value is -2.96. The number of halogens is 2. The standard InChI is InChI=1S/C21H15Cl2NO5/c1-3-28-21(26)20-18-17-10(7-8-14(27-2)19(17)29-20)11(9-15(25)24-18)16-12(22)5-4-6-13(16)23/h4-9H,3H2,1-2H3,(H,24,25). The van der Waals surface area contributed by atoms with E-state index in [0.717, 1.165) is 0 Å². The average molecular weight is 432 g/mol. The molecule has 0 atom stereocenters. The summed E-state index contributed by atoms with van der Waals surface area (Å²) in [6.07, 6.45) is 1.39. The van der Waals surface area contributed by atoms with E-state index < -0.39 is 11.9 Å². The molecule has 0 radical (unpaired) electrons. The van der Waals surface area contributed by atoms with Gasteiger partial charge < -0.3 is 19.2 Å². The van der Waals surface area contributed by atoms with E-state index in [1.54, 1.807) is 37.3 Å². The lowest BCUT2D eigenvalue weighted by molar-refractivity contribution is -0.111. The SMILES string of the molecule is CCOC(=O)c1oc2c(OC)ccc3c2c1NC(=O)C=C3c1c(Cl)cccc1Cl. The molecule has 0 saturated heterocycles. The molecule has 0 saturated carbocycles. The van der Waals surface area contributed by atoms with Gasteiger partial charge in [-0.05, 0) is 42.3 Å². The van der Waals surface area contributed by atoms with Gasteiger partial charge in [-0.15, -0.1) is 0 Å². The fourth-order valence-corrected chi connectivity index (χ4v) is 3.96. The third-order valence-corrected chi connectivity index (χ3v) is 5.16. The second-order valence-electron chi connectivity index (χ2n) is 6.19. The molecule has 0 fully saturated rings. The number of furan rings is 1. The van der Waals surface area contributed by atoms with E-state index in [9.17, 15) is 9.59 Å². The molecule has 0 aliphatic carbocycles. The Labute approximate surface area is 176 Å². The van der Waals surface area contributed by atoms with Crippen LogP contribution in [0.15, 0.2) is 40.8 Å². The fourth-order valence-electron chi connectivity index (χ4n) is 3.35. The molecule has 2 aromatic carbocycles. The molecule has 0 spiro atoms. The van der Waals surface area contributed by atoms with Gasteiger partial charge in [0, 0.05) is 21.7 Å². The van der Waals surface area contributed by atoms with Crippen LogP contribution in [0.4, 0.5) is 5.69 Å². The second kappa shape index (κ2) is 7.46. The molecule has 148 valence electrons. The van der Waals surface area contributed by atoms with Crippen molar-refractivity contribution in [2.75, 3.05) is 19.0 Å². The van der Waals surface area contributed by atoms with Gasteiger partial charge in [0.25, 0.3) is 0 Å². The van der Waals surface area contributed by atoms with Crippen molar-refractivity contribution in [3.8, 4) is 5.75 Å². The van der Waals surface area contributed by atoms with Crippen LogP contribution in [-0.2, 0) is 9.53 Å². The largest absolute Gasteiger partial charge is 0.493 e. The van der Waals surface area contributed by atoms with Crippen LogP contribution in [0.5, 0.6) is 5.75 Å². The molecule has 0 unspecified atom stereocenters. The third kappa shape index (κ3) is 3.14. The van der Waals surface area contributed by atoms with Crippen LogP contribution < -0.4 is 10.1 Å². The van der Waals surface area contributed by atoms with Gasteiger partial charge in [0.05, 0.1) is 19.1 Å². The number of nitrogens with one attached hydrogen (secondary N) is 1. The lowest BCUT2D eigenvalue weighted by Gasteiger charge is -2.13. The van der Waals surface area contributed by atoms with E-state index in [0.29, 0.717) is 43.5 Å². The molecule has 1 N–H and O–H groups in total. The summed E-state index contributed by atoms with van der Waals surface area (Å²) in [7, 11) is 1.49. The van der Waals surface area contributed by atoms with Crippen molar-refractivity contribution in [1.29, 1.82) is 0 Å². The molecular weight excluding hydrogens is 417 g/mol. The van der Waals surface area contributed by atoms with E-state index in [1.165, 1.54) is 13.2 Å². The first-order valence-corrected chi connectivity index (χ1v) is 9.49. The minimum atomic E-state index is -0.689. The molecule has 0 bridgehead atoms. The van der Waals surface area contributed by atoms with Crippen LogP contribution >= 0.6 is 23.2 Å². The number of esters is 1. The first-order chi connectivity index (χ1) is 14.0. The van der Waals surface area contributed by atoms with Crippen molar-refractivity contribution in [2.45, 2.75) is 6.92 Å². The normalized spacial score (nSPS) is 13.0. The number of carbonyl (C=O) groups is 2. The van der Waals surface area contributed by atoms with Crippen molar-refractivity contribution < 1.29 is 23.5 Å². The number of benzene rings is 2. The van der Waals surface area contributed by atoms with Gasteiger partial charge in [0.1, 0.15) is 5.69 Å². The molecule has 1 aliphatic rings. The molecule has 2 heterocycles. The number of methoxy groups -OCH3 is 1. The monoisotopic (exact) mass is 431 g/mol. The Morgan fingerprint density at radius 2 is 1.90 bits per heavy atom. The van der Waals surface area contributed by atoms with Gasteiger partial charge in [-0.2, -0.15) is 0 Å². The number of ether oxygens (including phenoxy) is 2. The van der Waals surface area contributed by atoms with Crippen molar-refractivity contribution >= 4 is 57.3 Å². The highest BCUT2D eigenvalue weighted by Gasteiger charge is 2.31. The molecule has 1 amide bonds. The van der Waals surface area contributed by atoms with E-state index in [4.69, 9.17) is 37.1 Å². The van der Waals surface area contributed by atoms with Crippen molar-refractivity contribution in [3.63, 3.8) is 0 Å². The fraction of sp³-hybridized carbons (Fsp3) is 0.143. The summed E-state index contributed by atoms with van der Waals surface area (Å²) < 4.78 is 16.3. The van der Waals surface area contributed by atoms with Gasteiger partial charge in [0.15, 0.2) is 11.3 Å². The summed E-state index contributed by atoms with van der Waals surface area (Å²) >= 11 is 12.8. The molecule has 6 nitrogen and oxygen atoms in total. The summed E-state index contributed by atoms with van der Waals surface area (Å²) in [6.45, 7) is 1.84. The Morgan fingerprint density at radius 1 is 1.17 bits per heavy atom. The number of amides is 1. The van der Waals surface area contributed by atoms with Crippen molar-refractivity contribution in [3.05, 3.63) is 63.3 Å². The molecule has 1 aromatic heterocycles. The van der Waals surface area contributed by atoms with Gasteiger partial charge in [0.2, 0.25) is 11.7 Å². The number of hydrogen-bond acceptors (Lipinski definition) is 5. The lowest BCUT2D eigenvalue weighted by atomic mass is 9.94. The topological polar surface area (TPSA) is 77.8 Å². The highest BCUT2D eigenvalue weighted by atomic mass is 35.5. The Balaban J connectivity index is 2.08. The first-order valence-electron chi connectivity index (χ1n) is 8.74. The second-order valence-corrected chi connectivity index (χ2v) is 7.00. The van der Waals surface area contributed by atoms with Gasteiger partial charge in [-0.25, -0.2) is 4.79 Å². The zero-order valence-corrected chi connectivity index (χ0v) is 17.0. The maximum atomic E-state index is 12.7. The smallest absolute Gasteiger partial charge is 0.376 e. The molecule has 1 aliphatic heterocycles. The van der Waals surface area contributed by atoms with Crippen LogP contribution in [0, 0.1) is 0 Å². The maximum Gasteiger partial charge on any atom is 0.376 e. The average Bonchev–Trinajstić information content (AvgIpc) is 2.98. The zero-order valence-electron chi connectivity index (χ0n) is 15.5. The Kier molecular flexibility index (Phi) is 4.98. The van der Waals surface area contributed by atoms with E-state index in [2.05, 4.69) is 5.32 Å². The molecule has 4 rings (SSSR count). The summed E-state index contributed by atoms with van der Waals surface area (Å²) in [5.41, 5.74) is 2.14. The number of anilines is 1. The maximum absolute atomic E-state index is 12.7. The minimum Gasteiger partial charge on any atom is -0.493 e. The van der Waals surface area contributed by atoms with Gasteiger partial charge >= 0.3 is 5.97 Å². The molecule has 3 aromatic rings. The minimum absolute atomic E-state index is 0.110. The van der Waals surface area contributed by atoms with Crippen LogP contribution in [-0.4, -0.2) is 25.6 Å². The highest BCUT2D eigenvalue weighted by molar-refractivity contribution is 6.38. The Bertz CT molecular complexity index is 1180. The van der Waals surface area contributed by atoms with Crippen LogP contribution in [0.25, 0.3) is 16.5 Å². The molecule has 8 heteroatoms. The number of carbonyl (C=O) groups excluding carboxylic acids is 2. The van der Waals surface area contributed by atoms with Crippen LogP contribution in [0.2, 0.25) is 10.0 Å². The van der Waals surface area contributed by atoms with Crippen molar-refractivity contribution in [2.24, 2.45) is 0 Å².